The smallest absolute Gasteiger partial charge is 0.345 e. The Morgan fingerprint density at radius 3 is 2.33 bits per heavy atom. The lowest BCUT2D eigenvalue weighted by Gasteiger charge is -2.09. The van der Waals surface area contributed by atoms with Gasteiger partial charge in [0.2, 0.25) is 0 Å². The molecule has 2 nitrogen and oxygen atoms in total. The molecule has 0 rings (SSSR count). The quantitative estimate of drug-likeness (QED) is 0.585. The summed E-state index contributed by atoms with van der Waals surface area (Å²) in [5.41, 5.74) is 0. The highest BCUT2D eigenvalue weighted by Crippen LogP contribution is 2.00. The van der Waals surface area contributed by atoms with E-state index in [0.29, 0.717) is 0 Å². The van der Waals surface area contributed by atoms with Gasteiger partial charge in [-0.25, -0.2) is 0 Å². The van der Waals surface area contributed by atoms with Gasteiger partial charge in [0.1, 0.15) is 0 Å². The van der Waals surface area contributed by atoms with Crippen LogP contribution >= 0.6 is 0 Å². The Morgan fingerprint density at radius 1 is 1.44 bits per heavy atom. The molecule has 56 valence electrons. The van der Waals surface area contributed by atoms with Crippen molar-refractivity contribution in [2.24, 2.45) is 0 Å². The van der Waals surface area contributed by atoms with E-state index in [1.54, 1.807) is 0 Å². The summed E-state index contributed by atoms with van der Waals surface area (Å²) >= 11 is 0. The lowest BCUT2D eigenvalue weighted by molar-refractivity contribution is -0.168. The van der Waals surface area contributed by atoms with Gasteiger partial charge in [-0.15, -0.1) is 0 Å². The largest absolute Gasteiger partial charge is 0.382 e. The average molecular weight is 140 g/mol. The molecular weight excluding hydrogens is 130 g/mol. The van der Waals surface area contributed by atoms with Crippen molar-refractivity contribution in [2.45, 2.75) is 19.6 Å². The molecule has 0 aliphatic rings. The molecule has 0 saturated carbocycles. The van der Waals surface area contributed by atoms with E-state index in [0.717, 1.165) is 0 Å². The maximum Gasteiger partial charge on any atom is 0.345 e. The van der Waals surface area contributed by atoms with E-state index in [9.17, 15) is 8.78 Å². The molecule has 4 heteroatoms. The molecule has 0 bridgehead atoms. The second-order valence-corrected chi connectivity index (χ2v) is 1.66. The van der Waals surface area contributed by atoms with Crippen molar-refractivity contribution in [1.29, 1.82) is 0 Å². The van der Waals surface area contributed by atoms with Crippen LogP contribution in [0.25, 0.3) is 0 Å². The van der Waals surface area contributed by atoms with Gasteiger partial charge >= 0.3 is 6.61 Å². The number of alkyl halides is 2. The van der Waals surface area contributed by atoms with Crippen LogP contribution in [0.1, 0.15) is 6.92 Å². The first-order chi connectivity index (χ1) is 4.16. The van der Waals surface area contributed by atoms with Crippen molar-refractivity contribution in [3.63, 3.8) is 0 Å². The maximum atomic E-state index is 11.3. The minimum absolute atomic E-state index is 0.199. The molecule has 0 saturated heterocycles. The summed E-state index contributed by atoms with van der Waals surface area (Å²) in [6.45, 7) is -0.977. The first kappa shape index (κ1) is 8.78. The van der Waals surface area contributed by atoms with Crippen molar-refractivity contribution < 1.29 is 18.3 Å². The van der Waals surface area contributed by atoms with E-state index in [1.165, 1.54) is 14.0 Å². The second kappa shape index (κ2) is 4.64. The van der Waals surface area contributed by atoms with Crippen molar-refractivity contribution in [2.75, 3.05) is 13.7 Å². The standard InChI is InChI=1S/C5H10F2O2/c1-4(3-8-2)9-5(6)7/h4-5H,3H2,1-2H3. The monoisotopic (exact) mass is 140 g/mol. The Hall–Kier alpha value is -0.220. The molecule has 0 spiro atoms. The zero-order chi connectivity index (χ0) is 7.28. The third-order valence-corrected chi connectivity index (χ3v) is 0.737. The van der Waals surface area contributed by atoms with Crippen LogP contribution in [0.3, 0.4) is 0 Å². The van der Waals surface area contributed by atoms with Gasteiger partial charge in [0.15, 0.2) is 0 Å². The lowest BCUT2D eigenvalue weighted by Crippen LogP contribution is -2.17. The van der Waals surface area contributed by atoms with E-state index in [1.807, 2.05) is 0 Å². The summed E-state index contributed by atoms with van der Waals surface area (Å²) in [4.78, 5) is 0. The van der Waals surface area contributed by atoms with E-state index < -0.39 is 12.7 Å². The summed E-state index contributed by atoms with van der Waals surface area (Å²) < 4.78 is 31.2. The fourth-order valence-corrected chi connectivity index (χ4v) is 0.450. The van der Waals surface area contributed by atoms with Crippen LogP contribution in [0.5, 0.6) is 0 Å². The van der Waals surface area contributed by atoms with Crippen LogP contribution in [0.2, 0.25) is 0 Å². The lowest BCUT2D eigenvalue weighted by atomic mass is 10.4. The van der Waals surface area contributed by atoms with Gasteiger partial charge in [-0.1, -0.05) is 0 Å². The Labute approximate surface area is 52.8 Å². The molecule has 0 fully saturated rings. The van der Waals surface area contributed by atoms with E-state index in [-0.39, 0.29) is 6.61 Å². The van der Waals surface area contributed by atoms with E-state index in [2.05, 4.69) is 9.47 Å². The maximum absolute atomic E-state index is 11.3. The number of hydrogen-bond donors (Lipinski definition) is 0. The first-order valence-corrected chi connectivity index (χ1v) is 2.59. The minimum atomic E-state index is -2.70. The minimum Gasteiger partial charge on any atom is -0.382 e. The van der Waals surface area contributed by atoms with Crippen LogP contribution in [0.4, 0.5) is 8.78 Å². The Balaban J connectivity index is 3.15. The number of methoxy groups -OCH3 is 1. The molecule has 0 radical (unpaired) electrons. The summed E-state index contributed by atoms with van der Waals surface area (Å²) in [5.74, 6) is 0. The van der Waals surface area contributed by atoms with Gasteiger partial charge < -0.3 is 9.47 Å². The number of rotatable bonds is 4. The van der Waals surface area contributed by atoms with Crippen molar-refractivity contribution >= 4 is 0 Å². The zero-order valence-corrected chi connectivity index (χ0v) is 5.43. The predicted molar refractivity (Wildman–Crippen MR) is 28.4 cm³/mol. The Kier molecular flexibility index (Phi) is 4.53. The fraction of sp³-hybridized carbons (Fsp3) is 1.00. The summed E-state index contributed by atoms with van der Waals surface area (Å²) in [6, 6.07) is 0. The highest BCUT2D eigenvalue weighted by molar-refractivity contribution is 4.43. The molecule has 0 aliphatic carbocycles. The van der Waals surface area contributed by atoms with Crippen LogP contribution in [0.15, 0.2) is 0 Å². The van der Waals surface area contributed by atoms with E-state index in [4.69, 9.17) is 0 Å². The fourth-order valence-electron chi connectivity index (χ4n) is 0.450. The SMILES string of the molecule is COCC(C)OC(F)F. The Bertz CT molecular complexity index is 68.0. The molecule has 9 heavy (non-hydrogen) atoms. The van der Waals surface area contributed by atoms with Gasteiger partial charge in [-0.05, 0) is 6.92 Å². The number of ether oxygens (including phenoxy) is 2. The average Bonchev–Trinajstić information content (AvgIpc) is 1.63. The van der Waals surface area contributed by atoms with Gasteiger partial charge in [0.05, 0.1) is 12.7 Å². The molecule has 1 atom stereocenters. The summed E-state index contributed by atoms with van der Waals surface area (Å²) in [5, 5.41) is 0. The Morgan fingerprint density at radius 2 is 2.00 bits per heavy atom. The topological polar surface area (TPSA) is 18.5 Å². The molecule has 0 N–H and O–H groups in total. The predicted octanol–water partition coefficient (Wildman–Crippen LogP) is 1.26. The summed E-state index contributed by atoms with van der Waals surface area (Å²) in [7, 11) is 1.44. The van der Waals surface area contributed by atoms with Crippen LogP contribution in [-0.2, 0) is 9.47 Å². The molecule has 0 aliphatic heterocycles. The highest BCUT2D eigenvalue weighted by atomic mass is 19.3. The molecule has 0 amide bonds. The van der Waals surface area contributed by atoms with Gasteiger partial charge in [0.25, 0.3) is 0 Å². The van der Waals surface area contributed by atoms with Gasteiger partial charge in [-0.3, -0.25) is 0 Å². The summed E-state index contributed by atoms with van der Waals surface area (Å²) in [6.07, 6.45) is -0.532. The third-order valence-electron chi connectivity index (χ3n) is 0.737. The number of hydrogen-bond acceptors (Lipinski definition) is 2. The molecule has 0 heterocycles. The van der Waals surface area contributed by atoms with Gasteiger partial charge in [-0.2, -0.15) is 8.78 Å². The normalized spacial score (nSPS) is 14.3. The number of halogens is 2. The van der Waals surface area contributed by atoms with Crippen molar-refractivity contribution in [3.8, 4) is 0 Å². The molecule has 0 aromatic heterocycles. The highest BCUT2D eigenvalue weighted by Gasteiger charge is 2.07. The van der Waals surface area contributed by atoms with E-state index >= 15 is 0 Å². The van der Waals surface area contributed by atoms with Gasteiger partial charge in [0, 0.05) is 7.11 Å². The van der Waals surface area contributed by atoms with Crippen molar-refractivity contribution in [1.82, 2.24) is 0 Å². The van der Waals surface area contributed by atoms with Crippen LogP contribution in [0, 0.1) is 0 Å². The first-order valence-electron chi connectivity index (χ1n) is 2.59. The zero-order valence-electron chi connectivity index (χ0n) is 5.43. The second-order valence-electron chi connectivity index (χ2n) is 1.66. The van der Waals surface area contributed by atoms with Crippen LogP contribution in [-0.4, -0.2) is 26.4 Å². The van der Waals surface area contributed by atoms with Crippen LogP contribution < -0.4 is 0 Å². The van der Waals surface area contributed by atoms with Crippen molar-refractivity contribution in [3.05, 3.63) is 0 Å². The molecular formula is C5H10F2O2. The molecule has 0 aromatic rings. The molecule has 0 aromatic carbocycles. The third kappa shape index (κ3) is 5.65. The molecule has 1 unspecified atom stereocenters.